The normalized spacial score (nSPS) is 20.1. The Morgan fingerprint density at radius 2 is 2.11 bits per heavy atom. The first-order valence-corrected chi connectivity index (χ1v) is 6.99. The van der Waals surface area contributed by atoms with Gasteiger partial charge in [0, 0.05) is 23.1 Å². The third kappa shape index (κ3) is 1.85. The van der Waals surface area contributed by atoms with Crippen LogP contribution in [-0.4, -0.2) is 18.1 Å². The first kappa shape index (κ1) is 11.8. The predicted octanol–water partition coefficient (Wildman–Crippen LogP) is 3.68. The van der Waals surface area contributed by atoms with Gasteiger partial charge in [0.1, 0.15) is 0 Å². The van der Waals surface area contributed by atoms with Crippen LogP contribution in [0.25, 0.3) is 10.9 Å². The highest BCUT2D eigenvalue weighted by atomic mass is 14.9. The Balaban J connectivity index is 2.16. The van der Waals surface area contributed by atoms with Crippen LogP contribution in [0.4, 0.5) is 0 Å². The van der Waals surface area contributed by atoms with Gasteiger partial charge in [0.15, 0.2) is 0 Å². The Morgan fingerprint density at radius 1 is 1.28 bits per heavy atom. The van der Waals surface area contributed by atoms with Crippen LogP contribution in [0, 0.1) is 6.92 Å². The minimum Gasteiger partial charge on any atom is -0.358 e. The first-order chi connectivity index (χ1) is 8.66. The molecule has 1 unspecified atom stereocenters. The minimum atomic E-state index is 0.596. The molecule has 0 radical (unpaired) electrons. The van der Waals surface area contributed by atoms with Crippen LogP contribution >= 0.6 is 0 Å². The summed E-state index contributed by atoms with van der Waals surface area (Å²) in [6.45, 7) is 9.01. The maximum atomic E-state index is 3.54. The molecule has 2 heteroatoms. The lowest BCUT2D eigenvalue weighted by Gasteiger charge is -2.10. The Kier molecular flexibility index (Phi) is 2.90. The molecule has 18 heavy (non-hydrogen) atoms. The van der Waals surface area contributed by atoms with Crippen molar-refractivity contribution in [3.63, 3.8) is 0 Å². The molecular formula is C16H22N2. The molecule has 3 rings (SSSR count). The SMILES string of the molecule is Cc1[nH]c2ccc(C(C)C)cc2c1C1CCNC1. The molecule has 2 nitrogen and oxygen atoms in total. The summed E-state index contributed by atoms with van der Waals surface area (Å²) < 4.78 is 0. The molecule has 2 heterocycles. The summed E-state index contributed by atoms with van der Waals surface area (Å²) in [4.78, 5) is 3.54. The topological polar surface area (TPSA) is 27.8 Å². The molecule has 1 aromatic heterocycles. The Labute approximate surface area is 109 Å². The Morgan fingerprint density at radius 3 is 2.78 bits per heavy atom. The minimum absolute atomic E-state index is 0.596. The van der Waals surface area contributed by atoms with Crippen LogP contribution in [-0.2, 0) is 0 Å². The van der Waals surface area contributed by atoms with Gasteiger partial charge in [-0.25, -0.2) is 0 Å². The summed E-state index contributed by atoms with van der Waals surface area (Å²) in [6, 6.07) is 6.88. The van der Waals surface area contributed by atoms with E-state index in [1.807, 2.05) is 0 Å². The lowest BCUT2D eigenvalue weighted by atomic mass is 9.93. The summed E-state index contributed by atoms with van der Waals surface area (Å²) in [7, 11) is 0. The van der Waals surface area contributed by atoms with E-state index in [4.69, 9.17) is 0 Å². The standard InChI is InChI=1S/C16H22N2/c1-10(2)12-4-5-15-14(8-12)16(11(3)18-15)13-6-7-17-9-13/h4-5,8,10,13,17-18H,6-7,9H2,1-3H3. The summed E-state index contributed by atoms with van der Waals surface area (Å²) in [5, 5.41) is 4.91. The van der Waals surface area contributed by atoms with E-state index in [1.54, 1.807) is 0 Å². The molecule has 1 aliphatic heterocycles. The van der Waals surface area contributed by atoms with Crippen LogP contribution in [0.2, 0.25) is 0 Å². The molecule has 0 bridgehead atoms. The number of fused-ring (bicyclic) bond motifs is 1. The number of aromatic nitrogens is 1. The molecule has 1 fully saturated rings. The van der Waals surface area contributed by atoms with Gasteiger partial charge in [0.25, 0.3) is 0 Å². The van der Waals surface area contributed by atoms with Crippen LogP contribution in [0.1, 0.15) is 48.9 Å². The van der Waals surface area contributed by atoms with Crippen LogP contribution < -0.4 is 5.32 Å². The van der Waals surface area contributed by atoms with Gasteiger partial charge in [-0.15, -0.1) is 0 Å². The Hall–Kier alpha value is -1.28. The zero-order chi connectivity index (χ0) is 12.7. The van der Waals surface area contributed by atoms with E-state index in [2.05, 4.69) is 49.3 Å². The van der Waals surface area contributed by atoms with Gasteiger partial charge in [-0.05, 0) is 55.0 Å². The molecule has 2 aromatic rings. The van der Waals surface area contributed by atoms with E-state index in [1.165, 1.54) is 34.1 Å². The largest absolute Gasteiger partial charge is 0.358 e. The van der Waals surface area contributed by atoms with Crippen molar-refractivity contribution >= 4 is 10.9 Å². The Bertz CT molecular complexity index is 560. The summed E-state index contributed by atoms with van der Waals surface area (Å²) in [6.07, 6.45) is 1.26. The highest BCUT2D eigenvalue weighted by Crippen LogP contribution is 2.34. The van der Waals surface area contributed by atoms with Gasteiger partial charge in [0.05, 0.1) is 0 Å². The summed E-state index contributed by atoms with van der Waals surface area (Å²) in [5.41, 5.74) is 5.62. The van der Waals surface area contributed by atoms with Gasteiger partial charge in [-0.2, -0.15) is 0 Å². The fraction of sp³-hybridized carbons (Fsp3) is 0.500. The first-order valence-electron chi connectivity index (χ1n) is 6.99. The zero-order valence-electron chi connectivity index (χ0n) is 11.5. The van der Waals surface area contributed by atoms with Crippen LogP contribution in [0.3, 0.4) is 0 Å². The van der Waals surface area contributed by atoms with Crippen molar-refractivity contribution in [3.05, 3.63) is 35.0 Å². The molecule has 1 saturated heterocycles. The van der Waals surface area contributed by atoms with E-state index >= 15 is 0 Å². The molecule has 96 valence electrons. The number of nitrogens with one attached hydrogen (secondary N) is 2. The third-order valence-electron chi connectivity index (χ3n) is 4.20. The van der Waals surface area contributed by atoms with Crippen molar-refractivity contribution in [2.75, 3.05) is 13.1 Å². The number of benzene rings is 1. The van der Waals surface area contributed by atoms with E-state index in [0.717, 1.165) is 13.1 Å². The second-order valence-corrected chi connectivity index (χ2v) is 5.81. The van der Waals surface area contributed by atoms with Crippen molar-refractivity contribution in [3.8, 4) is 0 Å². The average molecular weight is 242 g/mol. The van der Waals surface area contributed by atoms with Crippen molar-refractivity contribution in [1.29, 1.82) is 0 Å². The number of hydrogen-bond donors (Lipinski definition) is 2. The number of aromatic amines is 1. The number of H-pyrrole nitrogens is 1. The second-order valence-electron chi connectivity index (χ2n) is 5.81. The fourth-order valence-corrected chi connectivity index (χ4v) is 3.15. The second kappa shape index (κ2) is 4.43. The number of hydrogen-bond acceptors (Lipinski definition) is 1. The van der Waals surface area contributed by atoms with E-state index in [-0.39, 0.29) is 0 Å². The molecule has 1 aliphatic rings. The maximum absolute atomic E-state index is 3.54. The zero-order valence-corrected chi connectivity index (χ0v) is 11.5. The van der Waals surface area contributed by atoms with E-state index < -0.39 is 0 Å². The van der Waals surface area contributed by atoms with Crippen LogP contribution in [0.5, 0.6) is 0 Å². The molecule has 2 N–H and O–H groups in total. The highest BCUT2D eigenvalue weighted by Gasteiger charge is 2.22. The van der Waals surface area contributed by atoms with Crippen molar-refractivity contribution in [2.24, 2.45) is 0 Å². The monoisotopic (exact) mass is 242 g/mol. The average Bonchev–Trinajstić information content (AvgIpc) is 2.93. The van der Waals surface area contributed by atoms with Crippen LogP contribution in [0.15, 0.2) is 18.2 Å². The lowest BCUT2D eigenvalue weighted by Crippen LogP contribution is -2.08. The van der Waals surface area contributed by atoms with Gasteiger partial charge >= 0.3 is 0 Å². The summed E-state index contributed by atoms with van der Waals surface area (Å²) >= 11 is 0. The van der Waals surface area contributed by atoms with Crippen molar-refractivity contribution in [2.45, 2.75) is 39.0 Å². The van der Waals surface area contributed by atoms with Crippen molar-refractivity contribution < 1.29 is 0 Å². The number of rotatable bonds is 2. The number of aryl methyl sites for hydroxylation is 1. The predicted molar refractivity (Wildman–Crippen MR) is 77.4 cm³/mol. The van der Waals surface area contributed by atoms with Crippen molar-refractivity contribution in [1.82, 2.24) is 10.3 Å². The van der Waals surface area contributed by atoms with Gasteiger partial charge in [-0.3, -0.25) is 0 Å². The van der Waals surface area contributed by atoms with E-state index in [0.29, 0.717) is 11.8 Å². The third-order valence-corrected chi connectivity index (χ3v) is 4.20. The quantitative estimate of drug-likeness (QED) is 0.826. The molecular weight excluding hydrogens is 220 g/mol. The molecule has 1 atom stereocenters. The molecule has 1 aromatic carbocycles. The smallest absolute Gasteiger partial charge is 0.0459 e. The van der Waals surface area contributed by atoms with Gasteiger partial charge in [0.2, 0.25) is 0 Å². The molecule has 0 spiro atoms. The lowest BCUT2D eigenvalue weighted by molar-refractivity contribution is 0.762. The van der Waals surface area contributed by atoms with E-state index in [9.17, 15) is 0 Å². The highest BCUT2D eigenvalue weighted by molar-refractivity contribution is 5.86. The van der Waals surface area contributed by atoms with Gasteiger partial charge in [-0.1, -0.05) is 19.9 Å². The molecule has 0 aliphatic carbocycles. The molecule has 0 saturated carbocycles. The maximum Gasteiger partial charge on any atom is 0.0459 e. The molecule has 0 amide bonds. The fourth-order valence-electron chi connectivity index (χ4n) is 3.15. The van der Waals surface area contributed by atoms with Gasteiger partial charge < -0.3 is 10.3 Å². The summed E-state index contributed by atoms with van der Waals surface area (Å²) in [5.74, 6) is 1.28.